The van der Waals surface area contributed by atoms with Crippen molar-refractivity contribution in [3.05, 3.63) is 29.8 Å². The number of likely N-dealkylation sites (tertiary alicyclic amines) is 1. The highest BCUT2D eigenvalue weighted by Crippen LogP contribution is 2.16. The van der Waals surface area contributed by atoms with E-state index in [0.29, 0.717) is 5.56 Å². The molecule has 1 amide bonds. The number of amides is 1. The van der Waals surface area contributed by atoms with Crippen LogP contribution in [0.2, 0.25) is 0 Å². The van der Waals surface area contributed by atoms with Crippen molar-refractivity contribution in [2.24, 2.45) is 0 Å². The standard InChI is InChI=1S/C16H24N2O2/c1-12(2)20-15-8-4-6-13(10-15)16(19)17-14-7-5-9-18(3)11-14/h4,6,8,10,12,14H,5,7,9,11H2,1-3H3,(H,17,19). The maximum Gasteiger partial charge on any atom is 0.251 e. The molecule has 0 aromatic heterocycles. The fourth-order valence-corrected chi connectivity index (χ4v) is 2.54. The van der Waals surface area contributed by atoms with Crippen LogP contribution >= 0.6 is 0 Å². The summed E-state index contributed by atoms with van der Waals surface area (Å²) in [5, 5.41) is 3.11. The first-order valence-corrected chi connectivity index (χ1v) is 7.30. The molecule has 110 valence electrons. The van der Waals surface area contributed by atoms with E-state index in [-0.39, 0.29) is 18.1 Å². The van der Waals surface area contributed by atoms with Gasteiger partial charge in [-0.3, -0.25) is 4.79 Å². The lowest BCUT2D eigenvalue weighted by atomic mass is 10.1. The number of nitrogens with zero attached hydrogens (tertiary/aromatic N) is 1. The van der Waals surface area contributed by atoms with E-state index in [1.54, 1.807) is 0 Å². The van der Waals surface area contributed by atoms with Crippen LogP contribution in [0.4, 0.5) is 0 Å². The molecule has 1 saturated heterocycles. The second-order valence-electron chi connectivity index (χ2n) is 5.77. The summed E-state index contributed by atoms with van der Waals surface area (Å²) in [5.74, 6) is 0.730. The van der Waals surface area contributed by atoms with Crippen molar-refractivity contribution in [2.75, 3.05) is 20.1 Å². The lowest BCUT2D eigenvalue weighted by Crippen LogP contribution is -2.46. The summed E-state index contributed by atoms with van der Waals surface area (Å²) in [6.45, 7) is 5.99. The number of piperidine rings is 1. The minimum absolute atomic E-state index is 0.0143. The molecule has 1 aromatic rings. The van der Waals surface area contributed by atoms with Crippen molar-refractivity contribution in [2.45, 2.75) is 38.8 Å². The highest BCUT2D eigenvalue weighted by Gasteiger charge is 2.19. The maximum absolute atomic E-state index is 12.3. The van der Waals surface area contributed by atoms with Crippen LogP contribution in [0.25, 0.3) is 0 Å². The molecule has 1 N–H and O–H groups in total. The first kappa shape index (κ1) is 14.9. The Kier molecular flexibility index (Phi) is 5.01. The Morgan fingerprint density at radius 3 is 2.95 bits per heavy atom. The smallest absolute Gasteiger partial charge is 0.251 e. The molecule has 4 heteroatoms. The molecule has 20 heavy (non-hydrogen) atoms. The summed E-state index contributed by atoms with van der Waals surface area (Å²) in [7, 11) is 2.09. The van der Waals surface area contributed by atoms with Crippen LogP contribution in [0.1, 0.15) is 37.0 Å². The van der Waals surface area contributed by atoms with Gasteiger partial charge in [-0.2, -0.15) is 0 Å². The molecule has 0 saturated carbocycles. The number of hydrogen-bond acceptors (Lipinski definition) is 3. The molecule has 0 radical (unpaired) electrons. The predicted molar refractivity (Wildman–Crippen MR) is 80.2 cm³/mol. The van der Waals surface area contributed by atoms with Gasteiger partial charge < -0.3 is 15.0 Å². The van der Waals surface area contributed by atoms with E-state index in [1.165, 1.54) is 0 Å². The molecule has 1 aliphatic heterocycles. The van der Waals surface area contributed by atoms with E-state index in [2.05, 4.69) is 17.3 Å². The lowest BCUT2D eigenvalue weighted by Gasteiger charge is -2.30. The predicted octanol–water partition coefficient (Wildman–Crippen LogP) is 2.30. The van der Waals surface area contributed by atoms with E-state index in [0.717, 1.165) is 31.7 Å². The van der Waals surface area contributed by atoms with Crippen molar-refractivity contribution < 1.29 is 9.53 Å². The highest BCUT2D eigenvalue weighted by atomic mass is 16.5. The van der Waals surface area contributed by atoms with Gasteiger partial charge in [0.25, 0.3) is 5.91 Å². The second kappa shape index (κ2) is 6.75. The van der Waals surface area contributed by atoms with Gasteiger partial charge in [0.1, 0.15) is 5.75 Å². The zero-order valence-electron chi connectivity index (χ0n) is 12.6. The number of rotatable bonds is 4. The van der Waals surface area contributed by atoms with Gasteiger partial charge in [-0.05, 0) is 58.5 Å². The average Bonchev–Trinajstić information content (AvgIpc) is 2.38. The quantitative estimate of drug-likeness (QED) is 0.917. The Morgan fingerprint density at radius 1 is 1.45 bits per heavy atom. The lowest BCUT2D eigenvalue weighted by molar-refractivity contribution is 0.0912. The van der Waals surface area contributed by atoms with Crippen molar-refractivity contribution in [1.29, 1.82) is 0 Å². The largest absolute Gasteiger partial charge is 0.491 e. The number of nitrogens with one attached hydrogen (secondary N) is 1. The van der Waals surface area contributed by atoms with E-state index in [1.807, 2.05) is 38.1 Å². The summed E-state index contributed by atoms with van der Waals surface area (Å²) >= 11 is 0. The summed E-state index contributed by atoms with van der Waals surface area (Å²) in [6.07, 6.45) is 2.30. The molecule has 1 atom stereocenters. The Labute approximate surface area is 121 Å². The number of benzene rings is 1. The number of carbonyl (C=O) groups excluding carboxylic acids is 1. The first-order valence-electron chi connectivity index (χ1n) is 7.30. The summed E-state index contributed by atoms with van der Waals surface area (Å²) in [5.41, 5.74) is 0.663. The minimum atomic E-state index is -0.0143. The van der Waals surface area contributed by atoms with Gasteiger partial charge in [0.05, 0.1) is 6.10 Å². The van der Waals surface area contributed by atoms with Gasteiger partial charge in [0.15, 0.2) is 0 Å². The zero-order valence-corrected chi connectivity index (χ0v) is 12.6. The van der Waals surface area contributed by atoms with Gasteiger partial charge in [-0.1, -0.05) is 6.07 Å². The molecule has 1 heterocycles. The third kappa shape index (κ3) is 4.23. The van der Waals surface area contributed by atoms with Crippen LogP contribution in [0, 0.1) is 0 Å². The van der Waals surface area contributed by atoms with Crippen LogP contribution in [0.3, 0.4) is 0 Å². The van der Waals surface area contributed by atoms with E-state index in [4.69, 9.17) is 4.74 Å². The Balaban J connectivity index is 1.98. The van der Waals surface area contributed by atoms with Gasteiger partial charge in [-0.25, -0.2) is 0 Å². The number of hydrogen-bond donors (Lipinski definition) is 1. The molecular formula is C16H24N2O2. The van der Waals surface area contributed by atoms with Gasteiger partial charge in [-0.15, -0.1) is 0 Å². The van der Waals surface area contributed by atoms with Crippen molar-refractivity contribution in [1.82, 2.24) is 10.2 Å². The first-order chi connectivity index (χ1) is 9.54. The molecule has 0 spiro atoms. The normalized spacial score (nSPS) is 19.9. The second-order valence-corrected chi connectivity index (χ2v) is 5.77. The van der Waals surface area contributed by atoms with E-state index < -0.39 is 0 Å². The molecule has 0 aliphatic carbocycles. The van der Waals surface area contributed by atoms with Crippen molar-refractivity contribution in [3.63, 3.8) is 0 Å². The molecule has 2 rings (SSSR count). The van der Waals surface area contributed by atoms with Gasteiger partial charge in [0.2, 0.25) is 0 Å². The number of ether oxygens (including phenoxy) is 1. The molecule has 1 unspecified atom stereocenters. The summed E-state index contributed by atoms with van der Waals surface area (Å²) < 4.78 is 5.62. The van der Waals surface area contributed by atoms with Crippen LogP contribution in [-0.4, -0.2) is 43.1 Å². The maximum atomic E-state index is 12.3. The highest BCUT2D eigenvalue weighted by molar-refractivity contribution is 5.94. The number of carbonyl (C=O) groups is 1. The number of likely N-dealkylation sites (N-methyl/N-ethyl adjacent to an activating group) is 1. The monoisotopic (exact) mass is 276 g/mol. The molecule has 0 bridgehead atoms. The average molecular weight is 276 g/mol. The minimum Gasteiger partial charge on any atom is -0.491 e. The molecule has 1 fully saturated rings. The van der Waals surface area contributed by atoms with Crippen molar-refractivity contribution in [3.8, 4) is 5.75 Å². The molecular weight excluding hydrogens is 252 g/mol. The Hall–Kier alpha value is -1.55. The summed E-state index contributed by atoms with van der Waals surface area (Å²) in [6, 6.07) is 7.62. The van der Waals surface area contributed by atoms with Crippen LogP contribution in [-0.2, 0) is 0 Å². The third-order valence-corrected chi connectivity index (χ3v) is 3.43. The van der Waals surface area contributed by atoms with Crippen LogP contribution < -0.4 is 10.1 Å². The Bertz CT molecular complexity index is 460. The topological polar surface area (TPSA) is 41.6 Å². The summed E-state index contributed by atoms with van der Waals surface area (Å²) in [4.78, 5) is 14.5. The van der Waals surface area contributed by atoms with Crippen LogP contribution in [0.15, 0.2) is 24.3 Å². The Morgan fingerprint density at radius 2 is 2.25 bits per heavy atom. The molecule has 1 aromatic carbocycles. The zero-order chi connectivity index (χ0) is 14.5. The SMILES string of the molecule is CC(C)Oc1cccc(C(=O)NC2CCCN(C)C2)c1. The fraction of sp³-hybridized carbons (Fsp3) is 0.562. The molecule has 1 aliphatic rings. The van der Waals surface area contributed by atoms with Crippen LogP contribution in [0.5, 0.6) is 5.75 Å². The van der Waals surface area contributed by atoms with Crippen molar-refractivity contribution >= 4 is 5.91 Å². The van der Waals surface area contributed by atoms with E-state index >= 15 is 0 Å². The third-order valence-electron chi connectivity index (χ3n) is 3.43. The fourth-order valence-electron chi connectivity index (χ4n) is 2.54. The molecule has 4 nitrogen and oxygen atoms in total. The van der Waals surface area contributed by atoms with Gasteiger partial charge in [0, 0.05) is 18.2 Å². The van der Waals surface area contributed by atoms with Gasteiger partial charge >= 0.3 is 0 Å². The van der Waals surface area contributed by atoms with E-state index in [9.17, 15) is 4.79 Å².